The van der Waals surface area contributed by atoms with Crippen LogP contribution in [0.4, 0.5) is 0 Å². The lowest BCUT2D eigenvalue weighted by Crippen LogP contribution is -2.25. The van der Waals surface area contributed by atoms with E-state index in [1.54, 1.807) is 0 Å². The Morgan fingerprint density at radius 2 is 1.83 bits per heavy atom. The van der Waals surface area contributed by atoms with Gasteiger partial charge in [-0.2, -0.15) is 5.26 Å². The maximum atomic E-state index is 9.58. The molecule has 1 heteroatoms. The van der Waals surface area contributed by atoms with Crippen LogP contribution in [0.2, 0.25) is 0 Å². The van der Waals surface area contributed by atoms with E-state index in [1.165, 1.54) is 10.8 Å². The highest BCUT2D eigenvalue weighted by atomic mass is 14.4. The van der Waals surface area contributed by atoms with E-state index in [0.717, 1.165) is 24.8 Å². The lowest BCUT2D eigenvalue weighted by Gasteiger charge is -2.28. The van der Waals surface area contributed by atoms with Crippen molar-refractivity contribution < 1.29 is 0 Å². The Morgan fingerprint density at radius 3 is 2.56 bits per heavy atom. The number of hydrogen-bond acceptors (Lipinski definition) is 1. The van der Waals surface area contributed by atoms with Crippen LogP contribution in [-0.2, 0) is 5.41 Å². The zero-order valence-corrected chi connectivity index (χ0v) is 10.3. The Kier molecular flexibility index (Phi) is 2.64. The summed E-state index contributed by atoms with van der Waals surface area (Å²) in [5.74, 6) is 0. The summed E-state index contributed by atoms with van der Waals surface area (Å²) < 4.78 is 0. The van der Waals surface area contributed by atoms with Crippen molar-refractivity contribution >= 4 is 10.8 Å². The van der Waals surface area contributed by atoms with Crippen LogP contribution in [0.15, 0.2) is 54.6 Å². The minimum atomic E-state index is -0.321. The first-order chi connectivity index (χ1) is 8.84. The number of nitrogens with zero attached hydrogens (tertiary/aromatic N) is 1. The number of nitriles is 1. The van der Waals surface area contributed by atoms with Gasteiger partial charge in [0.25, 0.3) is 0 Å². The van der Waals surface area contributed by atoms with Crippen LogP contribution in [0.1, 0.15) is 24.8 Å². The topological polar surface area (TPSA) is 23.8 Å². The van der Waals surface area contributed by atoms with Crippen LogP contribution < -0.4 is 0 Å². The van der Waals surface area contributed by atoms with E-state index in [0.29, 0.717) is 0 Å². The summed E-state index contributed by atoms with van der Waals surface area (Å²) in [6.07, 6.45) is 7.08. The summed E-state index contributed by atoms with van der Waals surface area (Å²) in [4.78, 5) is 0. The zero-order valence-electron chi connectivity index (χ0n) is 10.3. The van der Waals surface area contributed by atoms with Crippen molar-refractivity contribution in [2.75, 3.05) is 0 Å². The van der Waals surface area contributed by atoms with Crippen LogP contribution in [0.5, 0.6) is 0 Å². The molecule has 0 bridgehead atoms. The van der Waals surface area contributed by atoms with Crippen LogP contribution in [0.25, 0.3) is 10.8 Å². The average Bonchev–Trinajstić information content (AvgIpc) is 2.47. The highest BCUT2D eigenvalue weighted by Gasteiger charge is 2.32. The maximum absolute atomic E-state index is 9.58. The van der Waals surface area contributed by atoms with Gasteiger partial charge < -0.3 is 0 Å². The molecular formula is C17H15N. The first kappa shape index (κ1) is 11.0. The normalized spacial score (nSPS) is 22.8. The average molecular weight is 233 g/mol. The van der Waals surface area contributed by atoms with Gasteiger partial charge in [0.05, 0.1) is 11.5 Å². The van der Waals surface area contributed by atoms with Gasteiger partial charge in [-0.1, -0.05) is 48.6 Å². The van der Waals surface area contributed by atoms with Gasteiger partial charge in [0.1, 0.15) is 0 Å². The molecule has 18 heavy (non-hydrogen) atoms. The monoisotopic (exact) mass is 233 g/mol. The van der Waals surface area contributed by atoms with E-state index < -0.39 is 0 Å². The molecule has 88 valence electrons. The minimum absolute atomic E-state index is 0.321. The van der Waals surface area contributed by atoms with Crippen LogP contribution in [0, 0.1) is 11.3 Å². The molecule has 0 N–H and O–H groups in total. The third-order valence-electron chi connectivity index (χ3n) is 3.89. The molecule has 0 amide bonds. The lowest BCUT2D eigenvalue weighted by molar-refractivity contribution is 0.496. The molecule has 0 heterocycles. The standard InChI is InChI=1S/C17H15N/c18-13-17(10-4-1-5-11-17)16-9-8-14-6-2-3-7-15(14)12-16/h1-4,6-9,12H,5,10-11H2/t17-/m1/s1. The van der Waals surface area contributed by atoms with Crippen molar-refractivity contribution in [1.29, 1.82) is 5.26 Å². The van der Waals surface area contributed by atoms with Crippen molar-refractivity contribution in [2.24, 2.45) is 0 Å². The molecule has 1 aliphatic carbocycles. The van der Waals surface area contributed by atoms with Gasteiger partial charge in [0.15, 0.2) is 0 Å². The second-order valence-corrected chi connectivity index (χ2v) is 4.97. The number of hydrogen-bond donors (Lipinski definition) is 0. The fraction of sp³-hybridized carbons (Fsp3) is 0.235. The SMILES string of the molecule is N#C[C@@]1(c2ccc3ccccc3c2)CC=CCC1. The third kappa shape index (κ3) is 1.71. The molecule has 0 saturated carbocycles. The van der Waals surface area contributed by atoms with Gasteiger partial charge in [0, 0.05) is 0 Å². The Balaban J connectivity index is 2.13. The molecule has 0 fully saturated rings. The fourth-order valence-corrected chi connectivity index (χ4v) is 2.75. The Bertz CT molecular complexity index is 648. The zero-order chi connectivity index (χ0) is 12.4. The molecule has 0 unspecified atom stereocenters. The fourth-order valence-electron chi connectivity index (χ4n) is 2.75. The Morgan fingerprint density at radius 1 is 1.00 bits per heavy atom. The van der Waals surface area contributed by atoms with E-state index in [9.17, 15) is 5.26 Å². The smallest absolute Gasteiger partial charge is 0.0859 e. The van der Waals surface area contributed by atoms with Gasteiger partial charge in [-0.3, -0.25) is 0 Å². The van der Waals surface area contributed by atoms with Gasteiger partial charge in [-0.05, 0) is 41.7 Å². The lowest BCUT2D eigenvalue weighted by atomic mass is 9.72. The van der Waals surface area contributed by atoms with Crippen molar-refractivity contribution in [3.05, 3.63) is 60.2 Å². The minimum Gasteiger partial charge on any atom is -0.197 e. The van der Waals surface area contributed by atoms with E-state index in [2.05, 4.69) is 48.6 Å². The predicted molar refractivity (Wildman–Crippen MR) is 74.2 cm³/mol. The van der Waals surface area contributed by atoms with Crippen LogP contribution in [0.3, 0.4) is 0 Å². The van der Waals surface area contributed by atoms with E-state index >= 15 is 0 Å². The molecule has 0 aliphatic heterocycles. The van der Waals surface area contributed by atoms with E-state index in [-0.39, 0.29) is 5.41 Å². The summed E-state index contributed by atoms with van der Waals surface area (Å²) in [7, 11) is 0. The van der Waals surface area contributed by atoms with Crippen molar-refractivity contribution in [3.8, 4) is 6.07 Å². The summed E-state index contributed by atoms with van der Waals surface area (Å²) in [5, 5.41) is 12.0. The third-order valence-corrected chi connectivity index (χ3v) is 3.89. The Labute approximate surface area is 107 Å². The highest BCUT2D eigenvalue weighted by Crippen LogP contribution is 2.37. The number of benzene rings is 2. The van der Waals surface area contributed by atoms with Gasteiger partial charge >= 0.3 is 0 Å². The summed E-state index contributed by atoms with van der Waals surface area (Å²) >= 11 is 0. The molecule has 0 radical (unpaired) electrons. The van der Waals surface area contributed by atoms with Gasteiger partial charge in [-0.25, -0.2) is 0 Å². The molecule has 3 rings (SSSR count). The summed E-state index contributed by atoms with van der Waals surface area (Å²) in [6.45, 7) is 0. The predicted octanol–water partition coefficient (Wildman–Crippen LogP) is 4.34. The molecule has 1 atom stereocenters. The summed E-state index contributed by atoms with van der Waals surface area (Å²) in [5.41, 5.74) is 0.840. The molecule has 0 spiro atoms. The van der Waals surface area contributed by atoms with Crippen molar-refractivity contribution in [1.82, 2.24) is 0 Å². The second-order valence-electron chi connectivity index (χ2n) is 4.97. The quantitative estimate of drug-likeness (QED) is 0.672. The molecule has 1 aliphatic rings. The van der Waals surface area contributed by atoms with Crippen molar-refractivity contribution in [2.45, 2.75) is 24.7 Å². The number of rotatable bonds is 1. The number of fused-ring (bicyclic) bond motifs is 1. The van der Waals surface area contributed by atoms with Crippen LogP contribution in [-0.4, -0.2) is 0 Å². The molecule has 0 aromatic heterocycles. The molecule has 1 nitrogen and oxygen atoms in total. The second kappa shape index (κ2) is 4.31. The first-order valence-electron chi connectivity index (χ1n) is 6.40. The molecule has 0 saturated heterocycles. The van der Waals surface area contributed by atoms with Crippen molar-refractivity contribution in [3.63, 3.8) is 0 Å². The van der Waals surface area contributed by atoms with Gasteiger partial charge in [0.2, 0.25) is 0 Å². The molecular weight excluding hydrogens is 218 g/mol. The number of allylic oxidation sites excluding steroid dienone is 2. The Hall–Kier alpha value is -2.07. The van der Waals surface area contributed by atoms with E-state index in [1.807, 2.05) is 12.1 Å². The molecule has 2 aromatic carbocycles. The van der Waals surface area contributed by atoms with Gasteiger partial charge in [-0.15, -0.1) is 0 Å². The first-order valence-corrected chi connectivity index (χ1v) is 6.40. The summed E-state index contributed by atoms with van der Waals surface area (Å²) in [6, 6.07) is 17.3. The largest absolute Gasteiger partial charge is 0.197 e. The maximum Gasteiger partial charge on any atom is 0.0859 e. The highest BCUT2D eigenvalue weighted by molar-refractivity contribution is 5.83. The molecule has 2 aromatic rings. The van der Waals surface area contributed by atoms with Crippen LogP contribution >= 0.6 is 0 Å². The van der Waals surface area contributed by atoms with E-state index in [4.69, 9.17) is 0 Å².